The zero-order valence-corrected chi connectivity index (χ0v) is 16.0. The van der Waals surface area contributed by atoms with Gasteiger partial charge in [-0.05, 0) is 23.3 Å². The van der Waals surface area contributed by atoms with Crippen LogP contribution in [0, 0.1) is 11.3 Å². The molecule has 152 valence electrons. The number of primary amides is 1. The summed E-state index contributed by atoms with van der Waals surface area (Å²) < 4.78 is 38.6. The summed E-state index contributed by atoms with van der Waals surface area (Å²) in [7, 11) is 0. The number of nitrogens with zero attached hydrogens (tertiary/aromatic N) is 1. The fourth-order valence-electron chi connectivity index (χ4n) is 2.71. The van der Waals surface area contributed by atoms with Crippen molar-refractivity contribution in [2.24, 2.45) is 5.73 Å². The number of rotatable bonds is 8. The standard InChI is InChI=1S/C20H18F3N3O2S/c21-20(22,23)14-5-3-4-13(10-14)11-29-12-17(19(28)26-9-8-24)15-6-1-2-7-16(15)18(25)27/h1-7,10,17H,9,11-12H2,(H2,25,27)(H,26,28). The maximum absolute atomic E-state index is 12.9. The molecule has 2 aromatic rings. The third-order valence-corrected chi connectivity index (χ3v) is 5.17. The Hall–Kier alpha value is -2.99. The smallest absolute Gasteiger partial charge is 0.366 e. The van der Waals surface area contributed by atoms with Crippen molar-refractivity contribution in [1.29, 1.82) is 5.26 Å². The van der Waals surface area contributed by atoms with Crippen LogP contribution in [0.3, 0.4) is 0 Å². The van der Waals surface area contributed by atoms with Gasteiger partial charge in [-0.2, -0.15) is 30.2 Å². The van der Waals surface area contributed by atoms with Crippen LogP contribution in [0.2, 0.25) is 0 Å². The normalized spacial score (nSPS) is 12.1. The van der Waals surface area contributed by atoms with E-state index in [1.165, 1.54) is 23.9 Å². The lowest BCUT2D eigenvalue weighted by molar-refractivity contribution is -0.137. The van der Waals surface area contributed by atoms with E-state index in [1.54, 1.807) is 24.3 Å². The molecule has 0 aliphatic heterocycles. The van der Waals surface area contributed by atoms with Crippen molar-refractivity contribution in [3.63, 3.8) is 0 Å². The van der Waals surface area contributed by atoms with E-state index in [2.05, 4.69) is 5.32 Å². The van der Waals surface area contributed by atoms with Gasteiger partial charge < -0.3 is 11.1 Å². The van der Waals surface area contributed by atoms with Crippen LogP contribution in [-0.2, 0) is 16.7 Å². The molecular weight excluding hydrogens is 403 g/mol. The molecular formula is C20H18F3N3O2S. The molecule has 0 saturated carbocycles. The van der Waals surface area contributed by atoms with Crippen molar-refractivity contribution in [2.75, 3.05) is 12.3 Å². The van der Waals surface area contributed by atoms with E-state index in [9.17, 15) is 22.8 Å². The minimum absolute atomic E-state index is 0.185. The molecule has 1 atom stereocenters. The first kappa shape index (κ1) is 22.3. The van der Waals surface area contributed by atoms with Crippen molar-refractivity contribution in [3.8, 4) is 6.07 Å². The quantitative estimate of drug-likeness (QED) is 0.638. The monoisotopic (exact) mass is 421 g/mol. The van der Waals surface area contributed by atoms with Gasteiger partial charge in [0, 0.05) is 17.1 Å². The summed E-state index contributed by atoms with van der Waals surface area (Å²) >= 11 is 1.25. The number of benzene rings is 2. The first-order chi connectivity index (χ1) is 13.7. The molecule has 2 amide bonds. The SMILES string of the molecule is N#CCNC(=O)C(CSCc1cccc(C(F)(F)F)c1)c1ccccc1C(N)=O. The van der Waals surface area contributed by atoms with Crippen molar-refractivity contribution in [1.82, 2.24) is 5.32 Å². The van der Waals surface area contributed by atoms with E-state index >= 15 is 0 Å². The van der Waals surface area contributed by atoms with Crippen LogP contribution in [0.15, 0.2) is 48.5 Å². The molecule has 1 unspecified atom stereocenters. The number of nitrogens with two attached hydrogens (primary N) is 1. The topological polar surface area (TPSA) is 96.0 Å². The highest BCUT2D eigenvalue weighted by Gasteiger charge is 2.30. The summed E-state index contributed by atoms with van der Waals surface area (Å²) in [6, 6.07) is 13.1. The van der Waals surface area contributed by atoms with Crippen molar-refractivity contribution in [2.45, 2.75) is 17.8 Å². The minimum Gasteiger partial charge on any atom is -0.366 e. The number of alkyl halides is 3. The van der Waals surface area contributed by atoms with Crippen LogP contribution >= 0.6 is 11.8 Å². The van der Waals surface area contributed by atoms with Gasteiger partial charge in [-0.3, -0.25) is 9.59 Å². The Labute approximate surface area is 170 Å². The van der Waals surface area contributed by atoms with Crippen molar-refractivity contribution < 1.29 is 22.8 Å². The van der Waals surface area contributed by atoms with Crippen molar-refractivity contribution in [3.05, 3.63) is 70.8 Å². The molecule has 3 N–H and O–H groups in total. The minimum atomic E-state index is -4.43. The van der Waals surface area contributed by atoms with E-state index in [-0.39, 0.29) is 23.6 Å². The number of halogens is 3. The molecule has 0 aliphatic rings. The van der Waals surface area contributed by atoms with E-state index < -0.39 is 29.5 Å². The van der Waals surface area contributed by atoms with Gasteiger partial charge in [0.15, 0.2) is 0 Å². The van der Waals surface area contributed by atoms with Crippen LogP contribution in [0.25, 0.3) is 0 Å². The van der Waals surface area contributed by atoms with Crippen LogP contribution in [-0.4, -0.2) is 24.1 Å². The predicted octanol–water partition coefficient (Wildman–Crippen LogP) is 3.46. The largest absolute Gasteiger partial charge is 0.416 e. The molecule has 5 nitrogen and oxygen atoms in total. The van der Waals surface area contributed by atoms with Gasteiger partial charge in [-0.1, -0.05) is 36.4 Å². The highest BCUT2D eigenvalue weighted by Crippen LogP contribution is 2.31. The van der Waals surface area contributed by atoms with Gasteiger partial charge in [0.1, 0.15) is 6.54 Å². The zero-order valence-electron chi connectivity index (χ0n) is 15.2. The zero-order chi connectivity index (χ0) is 21.4. The summed E-state index contributed by atoms with van der Waals surface area (Å²) in [5.41, 5.74) is 5.71. The summed E-state index contributed by atoms with van der Waals surface area (Å²) in [5.74, 6) is -1.51. The molecule has 0 aliphatic carbocycles. The molecule has 9 heteroatoms. The lowest BCUT2D eigenvalue weighted by Gasteiger charge is -2.18. The average molecular weight is 421 g/mol. The van der Waals surface area contributed by atoms with Gasteiger partial charge in [-0.25, -0.2) is 0 Å². The summed E-state index contributed by atoms with van der Waals surface area (Å²) in [6.07, 6.45) is -4.43. The van der Waals surface area contributed by atoms with E-state index in [0.29, 0.717) is 11.1 Å². The molecule has 0 spiro atoms. The molecule has 2 rings (SSSR count). The van der Waals surface area contributed by atoms with Crippen LogP contribution in [0.4, 0.5) is 13.2 Å². The summed E-state index contributed by atoms with van der Waals surface area (Å²) in [5, 5.41) is 11.2. The first-order valence-corrected chi connectivity index (χ1v) is 9.66. The molecule has 0 fully saturated rings. The van der Waals surface area contributed by atoms with Crippen LogP contribution in [0.1, 0.15) is 33.0 Å². The summed E-state index contributed by atoms with van der Waals surface area (Å²) in [4.78, 5) is 24.2. The van der Waals surface area contributed by atoms with Gasteiger partial charge in [-0.15, -0.1) is 0 Å². The number of carbonyl (C=O) groups excluding carboxylic acids is 2. The number of carbonyl (C=O) groups is 2. The Bertz CT molecular complexity index is 926. The Kier molecular flexibility index (Phi) is 7.67. The average Bonchev–Trinajstić information content (AvgIpc) is 2.69. The predicted molar refractivity (Wildman–Crippen MR) is 104 cm³/mol. The Morgan fingerprint density at radius 2 is 1.90 bits per heavy atom. The van der Waals surface area contributed by atoms with Gasteiger partial charge in [0.2, 0.25) is 11.8 Å². The third-order valence-electron chi connectivity index (χ3n) is 4.07. The molecule has 29 heavy (non-hydrogen) atoms. The number of hydrogen-bond acceptors (Lipinski definition) is 4. The van der Waals surface area contributed by atoms with Crippen molar-refractivity contribution >= 4 is 23.6 Å². The Morgan fingerprint density at radius 1 is 1.17 bits per heavy atom. The van der Waals surface area contributed by atoms with E-state index in [1.807, 2.05) is 6.07 Å². The molecule has 0 saturated heterocycles. The number of hydrogen-bond donors (Lipinski definition) is 2. The highest BCUT2D eigenvalue weighted by atomic mass is 32.2. The molecule has 0 bridgehead atoms. The Morgan fingerprint density at radius 3 is 2.55 bits per heavy atom. The molecule has 0 heterocycles. The first-order valence-electron chi connectivity index (χ1n) is 8.51. The van der Waals surface area contributed by atoms with Gasteiger partial charge in [0.05, 0.1) is 17.6 Å². The molecule has 0 aromatic heterocycles. The fraction of sp³-hybridized carbons (Fsp3) is 0.250. The molecule has 0 radical (unpaired) electrons. The summed E-state index contributed by atoms with van der Waals surface area (Å²) in [6.45, 7) is -0.202. The van der Waals surface area contributed by atoms with Gasteiger partial charge >= 0.3 is 6.18 Å². The lowest BCUT2D eigenvalue weighted by atomic mass is 9.94. The second kappa shape index (κ2) is 9.98. The van der Waals surface area contributed by atoms with E-state index in [0.717, 1.165) is 12.1 Å². The third kappa shape index (κ3) is 6.26. The second-order valence-electron chi connectivity index (χ2n) is 6.09. The van der Waals surface area contributed by atoms with Crippen LogP contribution in [0.5, 0.6) is 0 Å². The second-order valence-corrected chi connectivity index (χ2v) is 7.12. The van der Waals surface area contributed by atoms with Crippen LogP contribution < -0.4 is 11.1 Å². The number of nitrogens with one attached hydrogen (secondary N) is 1. The number of nitriles is 1. The molecule has 2 aromatic carbocycles. The number of amides is 2. The maximum atomic E-state index is 12.9. The van der Waals surface area contributed by atoms with E-state index in [4.69, 9.17) is 11.0 Å². The lowest BCUT2D eigenvalue weighted by Crippen LogP contribution is -2.32. The fourth-order valence-corrected chi connectivity index (χ4v) is 3.81. The van der Waals surface area contributed by atoms with Gasteiger partial charge in [0.25, 0.3) is 0 Å². The Balaban J connectivity index is 2.19. The number of thioether (sulfide) groups is 1. The highest BCUT2D eigenvalue weighted by molar-refractivity contribution is 7.98. The maximum Gasteiger partial charge on any atom is 0.416 e.